The van der Waals surface area contributed by atoms with E-state index in [-0.39, 0.29) is 35.1 Å². The average Bonchev–Trinajstić information content (AvgIpc) is 3.17. The van der Waals surface area contributed by atoms with E-state index < -0.39 is 5.97 Å². The third-order valence-corrected chi connectivity index (χ3v) is 4.68. The van der Waals surface area contributed by atoms with Crippen molar-refractivity contribution in [2.75, 3.05) is 37.7 Å². The zero-order chi connectivity index (χ0) is 20.4. The molecule has 0 atom stereocenters. The van der Waals surface area contributed by atoms with E-state index in [4.69, 9.17) is 9.47 Å². The summed E-state index contributed by atoms with van der Waals surface area (Å²) in [5.41, 5.74) is 0.525. The molecule has 0 saturated carbocycles. The van der Waals surface area contributed by atoms with Crippen molar-refractivity contribution in [3.8, 4) is 11.8 Å². The number of aromatic amines is 1. The van der Waals surface area contributed by atoms with Crippen LogP contribution in [0.3, 0.4) is 0 Å². The monoisotopic (exact) mass is 398 g/mol. The van der Waals surface area contributed by atoms with Crippen LogP contribution in [0.4, 0.5) is 5.95 Å². The van der Waals surface area contributed by atoms with Gasteiger partial charge in [0.1, 0.15) is 11.3 Å². The Morgan fingerprint density at radius 2 is 1.97 bits per heavy atom. The molecule has 152 valence electrons. The van der Waals surface area contributed by atoms with Crippen LogP contribution >= 0.6 is 0 Å². The number of carbonyl (C=O) groups excluding carboxylic acids is 1. The normalized spacial score (nSPS) is 14.2. The van der Waals surface area contributed by atoms with Crippen LogP contribution in [0.15, 0.2) is 29.1 Å². The summed E-state index contributed by atoms with van der Waals surface area (Å²) < 4.78 is 12.2. The number of imidazole rings is 1. The van der Waals surface area contributed by atoms with Crippen molar-refractivity contribution in [2.45, 2.75) is 6.92 Å². The maximum Gasteiger partial charge on any atom is 0.341 e. The predicted octanol–water partition coefficient (Wildman–Crippen LogP) is 1.04. The second-order valence-corrected chi connectivity index (χ2v) is 6.57. The van der Waals surface area contributed by atoms with E-state index in [2.05, 4.69) is 25.2 Å². The van der Waals surface area contributed by atoms with Crippen molar-refractivity contribution in [1.82, 2.24) is 24.8 Å². The highest BCUT2D eigenvalue weighted by atomic mass is 16.5. The van der Waals surface area contributed by atoms with E-state index in [0.717, 1.165) is 26.2 Å². The number of H-pyrrole nitrogens is 1. The smallest absolute Gasteiger partial charge is 0.341 e. The van der Waals surface area contributed by atoms with Gasteiger partial charge < -0.3 is 24.7 Å². The molecule has 0 unspecified atom stereocenters. The maximum atomic E-state index is 12.8. The maximum absolute atomic E-state index is 12.8. The number of nitrogens with zero attached hydrogens (tertiary/aromatic N) is 4. The van der Waals surface area contributed by atoms with Gasteiger partial charge in [-0.05, 0) is 19.1 Å². The lowest BCUT2D eigenvalue weighted by Crippen LogP contribution is -2.44. The van der Waals surface area contributed by atoms with Crippen LogP contribution in [0.2, 0.25) is 0 Å². The number of piperazine rings is 1. The van der Waals surface area contributed by atoms with Gasteiger partial charge in [0, 0.05) is 33.2 Å². The van der Waals surface area contributed by atoms with Crippen molar-refractivity contribution < 1.29 is 14.3 Å². The minimum atomic E-state index is -0.505. The Bertz CT molecular complexity index is 1100. The lowest BCUT2D eigenvalue weighted by Gasteiger charge is -2.26. The number of hydrogen-bond acceptors (Lipinski definition) is 8. The van der Waals surface area contributed by atoms with Gasteiger partial charge in [-0.25, -0.2) is 4.79 Å². The van der Waals surface area contributed by atoms with E-state index in [1.807, 2.05) is 0 Å². The molecule has 29 heavy (non-hydrogen) atoms. The minimum absolute atomic E-state index is 0.0395. The van der Waals surface area contributed by atoms with E-state index in [1.54, 1.807) is 38.2 Å². The molecule has 2 N–H and O–H groups in total. The van der Waals surface area contributed by atoms with Gasteiger partial charge >= 0.3 is 12.0 Å². The van der Waals surface area contributed by atoms with Crippen LogP contribution in [0.25, 0.3) is 11.2 Å². The molecule has 1 saturated heterocycles. The van der Waals surface area contributed by atoms with Gasteiger partial charge in [-0.1, -0.05) is 12.1 Å². The van der Waals surface area contributed by atoms with Crippen LogP contribution in [-0.2, 0) is 11.8 Å². The molecule has 10 nitrogen and oxygen atoms in total. The fourth-order valence-electron chi connectivity index (χ4n) is 3.15. The van der Waals surface area contributed by atoms with Gasteiger partial charge in [0.2, 0.25) is 5.95 Å². The number of ether oxygens (including phenoxy) is 2. The largest absolute Gasteiger partial charge is 0.462 e. The Morgan fingerprint density at radius 1 is 1.21 bits per heavy atom. The highest BCUT2D eigenvalue weighted by molar-refractivity contribution is 5.92. The highest BCUT2D eigenvalue weighted by Gasteiger charge is 2.20. The van der Waals surface area contributed by atoms with Crippen LogP contribution in [0.1, 0.15) is 17.3 Å². The molecule has 4 rings (SSSR count). The molecule has 0 bridgehead atoms. The quantitative estimate of drug-likeness (QED) is 0.613. The van der Waals surface area contributed by atoms with Crippen LogP contribution in [0, 0.1) is 0 Å². The van der Waals surface area contributed by atoms with Gasteiger partial charge in [-0.2, -0.15) is 9.97 Å². The third-order valence-electron chi connectivity index (χ3n) is 4.68. The van der Waals surface area contributed by atoms with Crippen molar-refractivity contribution >= 4 is 23.1 Å². The predicted molar refractivity (Wildman–Crippen MR) is 107 cm³/mol. The first-order valence-electron chi connectivity index (χ1n) is 9.45. The van der Waals surface area contributed by atoms with Gasteiger partial charge in [-0.3, -0.25) is 9.36 Å². The van der Waals surface area contributed by atoms with Crippen molar-refractivity contribution in [3.05, 3.63) is 40.2 Å². The van der Waals surface area contributed by atoms with E-state index in [9.17, 15) is 9.59 Å². The van der Waals surface area contributed by atoms with E-state index in [1.165, 1.54) is 4.57 Å². The Kier molecular flexibility index (Phi) is 5.17. The summed E-state index contributed by atoms with van der Waals surface area (Å²) in [6, 6.07) is 6.70. The van der Waals surface area contributed by atoms with Crippen molar-refractivity contribution in [3.63, 3.8) is 0 Å². The Morgan fingerprint density at radius 3 is 2.72 bits per heavy atom. The topological polar surface area (TPSA) is 114 Å². The summed E-state index contributed by atoms with van der Waals surface area (Å²) >= 11 is 0. The molecule has 3 heterocycles. The summed E-state index contributed by atoms with van der Waals surface area (Å²) in [5, 5.41) is 3.28. The number of para-hydroxylation sites is 1. The molecule has 1 aromatic carbocycles. The number of hydrogen-bond donors (Lipinski definition) is 2. The van der Waals surface area contributed by atoms with Gasteiger partial charge in [-0.15, -0.1) is 0 Å². The Balaban J connectivity index is 1.71. The third kappa shape index (κ3) is 3.66. The number of carbonyl (C=O) groups is 1. The highest BCUT2D eigenvalue weighted by Crippen LogP contribution is 2.25. The lowest BCUT2D eigenvalue weighted by molar-refractivity contribution is 0.0523. The standard InChI is InChI=1S/C19H22N6O4/c1-3-28-17(27)12-6-4-5-7-13(12)29-19-23-15-14(16(26)24(19)2)21-18(22-15)25-10-8-20-9-11-25/h4-7,20H,3,8-11H2,1-2H3,(H,21,22). The van der Waals surface area contributed by atoms with Crippen molar-refractivity contribution in [2.24, 2.45) is 7.05 Å². The number of nitrogens with one attached hydrogen (secondary N) is 2. The van der Waals surface area contributed by atoms with Gasteiger partial charge in [0.15, 0.2) is 11.2 Å². The molecule has 0 amide bonds. The zero-order valence-corrected chi connectivity index (χ0v) is 16.3. The SMILES string of the molecule is CCOC(=O)c1ccccc1Oc1nc2nc(N3CCNCC3)[nH]c2c(=O)n1C. The Hall–Kier alpha value is -3.40. The molecule has 10 heteroatoms. The molecule has 1 aliphatic heterocycles. The summed E-state index contributed by atoms with van der Waals surface area (Å²) in [5.74, 6) is 0.357. The fraction of sp³-hybridized carbons (Fsp3) is 0.368. The zero-order valence-electron chi connectivity index (χ0n) is 16.3. The first-order valence-corrected chi connectivity index (χ1v) is 9.45. The number of anilines is 1. The molecule has 3 aromatic rings. The van der Waals surface area contributed by atoms with Crippen LogP contribution in [0.5, 0.6) is 11.8 Å². The second kappa shape index (κ2) is 7.92. The first-order chi connectivity index (χ1) is 14.1. The second-order valence-electron chi connectivity index (χ2n) is 6.57. The number of benzene rings is 1. The molecule has 0 aliphatic carbocycles. The molecular weight excluding hydrogens is 376 g/mol. The summed E-state index contributed by atoms with van der Waals surface area (Å²) in [4.78, 5) is 39.0. The average molecular weight is 398 g/mol. The Labute approximate surface area is 166 Å². The summed E-state index contributed by atoms with van der Waals surface area (Å²) in [7, 11) is 1.56. The number of fused-ring (bicyclic) bond motifs is 1. The van der Waals surface area contributed by atoms with E-state index >= 15 is 0 Å². The molecule has 0 spiro atoms. The lowest BCUT2D eigenvalue weighted by atomic mass is 10.2. The van der Waals surface area contributed by atoms with Crippen LogP contribution in [-0.4, -0.2) is 58.3 Å². The molecule has 2 aromatic heterocycles. The molecule has 1 aliphatic rings. The van der Waals surface area contributed by atoms with Gasteiger partial charge in [0.05, 0.1) is 6.61 Å². The number of esters is 1. The van der Waals surface area contributed by atoms with E-state index in [0.29, 0.717) is 11.5 Å². The molecule has 1 fully saturated rings. The molecule has 0 radical (unpaired) electrons. The van der Waals surface area contributed by atoms with Crippen molar-refractivity contribution in [1.29, 1.82) is 0 Å². The fourth-order valence-corrected chi connectivity index (χ4v) is 3.15. The summed E-state index contributed by atoms with van der Waals surface area (Å²) in [6.45, 7) is 5.25. The minimum Gasteiger partial charge on any atom is -0.462 e. The molecular formula is C19H22N6O4. The number of aromatic nitrogens is 4. The van der Waals surface area contributed by atoms with Crippen LogP contribution < -0.4 is 20.5 Å². The number of rotatable bonds is 5. The summed E-state index contributed by atoms with van der Waals surface area (Å²) in [6.07, 6.45) is 0. The van der Waals surface area contributed by atoms with Gasteiger partial charge in [0.25, 0.3) is 5.56 Å². The first kappa shape index (κ1) is 18.9.